The Labute approximate surface area is 114 Å². The van der Waals surface area contributed by atoms with Crippen LogP contribution in [0.1, 0.15) is 25.8 Å². The Kier molecular flexibility index (Phi) is 5.93. The molecule has 1 aromatic carbocycles. The fraction of sp³-hybridized carbons (Fsp3) is 0.571. The summed E-state index contributed by atoms with van der Waals surface area (Å²) in [6, 6.07) is 5.60. The molecular weight excluding hydrogens is 250 g/mol. The van der Waals surface area contributed by atoms with Gasteiger partial charge in [0.2, 0.25) is 0 Å². The third-order valence-corrected chi connectivity index (χ3v) is 3.19. The lowest BCUT2D eigenvalue weighted by molar-refractivity contribution is 0.207. The highest BCUT2D eigenvalue weighted by Gasteiger charge is 2.16. The quantitative estimate of drug-likeness (QED) is 0.801. The Hall–Kier alpha value is -0.770. The van der Waals surface area contributed by atoms with Gasteiger partial charge in [-0.25, -0.2) is 0 Å². The van der Waals surface area contributed by atoms with E-state index in [2.05, 4.69) is 19.2 Å². The summed E-state index contributed by atoms with van der Waals surface area (Å²) in [5, 5.41) is 13.1. The summed E-state index contributed by atoms with van der Waals surface area (Å²) in [6.07, 6.45) is 0.784. The molecule has 3 nitrogen and oxygen atoms in total. The van der Waals surface area contributed by atoms with Crippen LogP contribution in [0.2, 0.25) is 5.02 Å². The molecule has 0 aromatic heterocycles. The molecule has 1 rings (SSSR count). The molecule has 0 aliphatic carbocycles. The van der Waals surface area contributed by atoms with Crippen molar-refractivity contribution in [1.29, 1.82) is 0 Å². The smallest absolute Gasteiger partial charge is 0.123 e. The maximum atomic E-state index is 8.97. The number of nitrogens with one attached hydrogen (secondary N) is 1. The highest BCUT2D eigenvalue weighted by Crippen LogP contribution is 2.23. The third-order valence-electron chi connectivity index (χ3n) is 2.95. The van der Waals surface area contributed by atoms with E-state index in [-0.39, 0.29) is 12.0 Å². The predicted molar refractivity (Wildman–Crippen MR) is 75.2 cm³/mol. The molecule has 0 amide bonds. The van der Waals surface area contributed by atoms with Crippen molar-refractivity contribution >= 4 is 11.6 Å². The molecule has 0 spiro atoms. The van der Waals surface area contributed by atoms with Crippen molar-refractivity contribution in [3.05, 3.63) is 28.8 Å². The first kappa shape index (κ1) is 15.3. The van der Waals surface area contributed by atoms with Crippen LogP contribution in [0, 0.1) is 5.41 Å². The Morgan fingerprint density at radius 2 is 2.11 bits per heavy atom. The molecular formula is C14H22ClNO2. The summed E-state index contributed by atoms with van der Waals surface area (Å²) in [7, 11) is 1.66. The van der Waals surface area contributed by atoms with Gasteiger partial charge >= 0.3 is 0 Å². The van der Waals surface area contributed by atoms with Crippen LogP contribution in [0.5, 0.6) is 5.75 Å². The largest absolute Gasteiger partial charge is 0.496 e. The lowest BCUT2D eigenvalue weighted by atomic mass is 9.90. The molecule has 0 atom stereocenters. The van der Waals surface area contributed by atoms with Crippen LogP contribution >= 0.6 is 11.6 Å². The van der Waals surface area contributed by atoms with E-state index in [0.29, 0.717) is 11.6 Å². The second kappa shape index (κ2) is 6.98. The number of aliphatic hydroxyl groups excluding tert-OH is 1. The molecule has 0 radical (unpaired) electrons. The second-order valence-electron chi connectivity index (χ2n) is 5.20. The van der Waals surface area contributed by atoms with Crippen molar-refractivity contribution in [2.75, 3.05) is 20.3 Å². The standard InChI is InChI=1S/C14H22ClNO2/c1-14(2,6-7-17)10-16-9-11-8-12(15)4-5-13(11)18-3/h4-5,8,16-17H,6-7,9-10H2,1-3H3. The lowest BCUT2D eigenvalue weighted by Gasteiger charge is -2.24. The third kappa shape index (κ3) is 4.84. The summed E-state index contributed by atoms with van der Waals surface area (Å²) < 4.78 is 5.29. The van der Waals surface area contributed by atoms with Crippen molar-refractivity contribution in [2.45, 2.75) is 26.8 Å². The van der Waals surface area contributed by atoms with Gasteiger partial charge in [0.1, 0.15) is 5.75 Å². The zero-order valence-electron chi connectivity index (χ0n) is 11.3. The second-order valence-corrected chi connectivity index (χ2v) is 5.63. The molecule has 102 valence electrons. The molecule has 2 N–H and O–H groups in total. The minimum Gasteiger partial charge on any atom is -0.496 e. The first-order valence-corrected chi connectivity index (χ1v) is 6.50. The lowest BCUT2D eigenvalue weighted by Crippen LogP contribution is -2.30. The van der Waals surface area contributed by atoms with E-state index in [0.717, 1.165) is 24.3 Å². The molecule has 0 bridgehead atoms. The average Bonchev–Trinajstić information content (AvgIpc) is 2.29. The molecule has 0 saturated heterocycles. The molecule has 4 heteroatoms. The van der Waals surface area contributed by atoms with Crippen LogP contribution in [0.15, 0.2) is 18.2 Å². The number of methoxy groups -OCH3 is 1. The number of ether oxygens (including phenoxy) is 1. The van der Waals surface area contributed by atoms with Crippen molar-refractivity contribution < 1.29 is 9.84 Å². The molecule has 0 unspecified atom stereocenters. The fourth-order valence-electron chi connectivity index (χ4n) is 1.81. The van der Waals surface area contributed by atoms with Gasteiger partial charge in [-0.2, -0.15) is 0 Å². The number of hydrogen-bond acceptors (Lipinski definition) is 3. The molecule has 0 aliphatic heterocycles. The van der Waals surface area contributed by atoms with Crippen molar-refractivity contribution in [3.63, 3.8) is 0 Å². The summed E-state index contributed by atoms with van der Waals surface area (Å²) in [4.78, 5) is 0. The maximum absolute atomic E-state index is 8.97. The summed E-state index contributed by atoms with van der Waals surface area (Å²) in [5.74, 6) is 0.840. The van der Waals surface area contributed by atoms with Crippen LogP contribution in [0.25, 0.3) is 0 Å². The van der Waals surface area contributed by atoms with Crippen LogP contribution < -0.4 is 10.1 Å². The van der Waals surface area contributed by atoms with Crippen LogP contribution in [-0.2, 0) is 6.54 Å². The molecule has 0 heterocycles. The highest BCUT2D eigenvalue weighted by atomic mass is 35.5. The van der Waals surface area contributed by atoms with Gasteiger partial charge in [0.25, 0.3) is 0 Å². The van der Waals surface area contributed by atoms with E-state index < -0.39 is 0 Å². The van der Waals surface area contributed by atoms with E-state index in [9.17, 15) is 0 Å². The summed E-state index contributed by atoms with van der Waals surface area (Å²) >= 11 is 5.98. The highest BCUT2D eigenvalue weighted by molar-refractivity contribution is 6.30. The summed E-state index contributed by atoms with van der Waals surface area (Å²) in [6.45, 7) is 6.02. The van der Waals surface area contributed by atoms with Gasteiger partial charge in [-0.15, -0.1) is 0 Å². The van der Waals surface area contributed by atoms with Crippen molar-refractivity contribution in [1.82, 2.24) is 5.32 Å². The Morgan fingerprint density at radius 3 is 2.72 bits per heavy atom. The fourth-order valence-corrected chi connectivity index (χ4v) is 2.01. The summed E-state index contributed by atoms with van der Waals surface area (Å²) in [5.41, 5.74) is 1.13. The van der Waals surface area contributed by atoms with Gasteiger partial charge < -0.3 is 15.2 Å². The monoisotopic (exact) mass is 271 g/mol. The van der Waals surface area contributed by atoms with Gasteiger partial charge in [-0.05, 0) is 30.0 Å². The number of rotatable bonds is 7. The van der Waals surface area contributed by atoms with Gasteiger partial charge in [0.05, 0.1) is 7.11 Å². The van der Waals surface area contributed by atoms with Gasteiger partial charge in [0.15, 0.2) is 0 Å². The first-order valence-electron chi connectivity index (χ1n) is 6.12. The first-order chi connectivity index (χ1) is 8.48. The Bertz CT molecular complexity index is 380. The van der Waals surface area contributed by atoms with Crippen LogP contribution in [0.4, 0.5) is 0 Å². The van der Waals surface area contributed by atoms with E-state index >= 15 is 0 Å². The normalized spacial score (nSPS) is 11.6. The van der Waals surface area contributed by atoms with E-state index in [1.54, 1.807) is 7.11 Å². The minimum atomic E-state index is 0.0839. The topological polar surface area (TPSA) is 41.5 Å². The number of aliphatic hydroxyl groups is 1. The number of hydrogen-bond donors (Lipinski definition) is 2. The van der Waals surface area contributed by atoms with Gasteiger partial charge in [-0.3, -0.25) is 0 Å². The zero-order valence-corrected chi connectivity index (χ0v) is 12.0. The van der Waals surface area contributed by atoms with Gasteiger partial charge in [0, 0.05) is 30.3 Å². The van der Waals surface area contributed by atoms with Crippen LogP contribution in [-0.4, -0.2) is 25.4 Å². The average molecular weight is 272 g/mol. The van der Waals surface area contributed by atoms with E-state index in [1.807, 2.05) is 18.2 Å². The zero-order chi connectivity index (χ0) is 13.6. The molecule has 0 saturated carbocycles. The Balaban J connectivity index is 2.55. The molecule has 0 aliphatic rings. The molecule has 1 aromatic rings. The predicted octanol–water partition coefficient (Wildman–Crippen LogP) is 2.85. The molecule has 0 fully saturated rings. The number of benzene rings is 1. The maximum Gasteiger partial charge on any atom is 0.123 e. The number of halogens is 1. The molecule has 18 heavy (non-hydrogen) atoms. The van der Waals surface area contributed by atoms with Gasteiger partial charge in [-0.1, -0.05) is 25.4 Å². The van der Waals surface area contributed by atoms with Crippen molar-refractivity contribution in [2.24, 2.45) is 5.41 Å². The van der Waals surface area contributed by atoms with Crippen LogP contribution in [0.3, 0.4) is 0 Å². The SMILES string of the molecule is COc1ccc(Cl)cc1CNCC(C)(C)CCO. The van der Waals surface area contributed by atoms with E-state index in [4.69, 9.17) is 21.4 Å². The van der Waals surface area contributed by atoms with E-state index in [1.165, 1.54) is 0 Å². The van der Waals surface area contributed by atoms with Crippen molar-refractivity contribution in [3.8, 4) is 5.75 Å². The Morgan fingerprint density at radius 1 is 1.39 bits per heavy atom. The minimum absolute atomic E-state index is 0.0839.